The lowest BCUT2D eigenvalue weighted by Gasteiger charge is -2.09. The Morgan fingerprint density at radius 3 is 2.12 bits per heavy atom. The molecular weight excluding hydrogens is 401 g/mol. The van der Waals surface area contributed by atoms with Gasteiger partial charge in [-0.05, 0) is 66.5 Å². The zero-order chi connectivity index (χ0) is 17.8. The van der Waals surface area contributed by atoms with Gasteiger partial charge < -0.3 is 14.6 Å². The fourth-order valence-electron chi connectivity index (χ4n) is 1.99. The molecule has 0 aliphatic carbocycles. The highest BCUT2D eigenvalue weighted by atomic mass is 35.5. The van der Waals surface area contributed by atoms with Crippen molar-refractivity contribution in [3.8, 4) is 17.2 Å². The van der Waals surface area contributed by atoms with Gasteiger partial charge in [-0.3, -0.25) is 0 Å². The maximum Gasteiger partial charge on any atom is 0.136 e. The number of nitrogens with one attached hydrogen (secondary N) is 1. The Bertz CT molecular complexity index is 868. The van der Waals surface area contributed by atoms with Gasteiger partial charge in [0.1, 0.15) is 17.2 Å². The first-order valence-electron chi connectivity index (χ1n) is 7.15. The van der Waals surface area contributed by atoms with Crippen molar-refractivity contribution in [3.05, 3.63) is 75.7 Å². The maximum atomic E-state index is 9.60. The molecule has 3 nitrogen and oxygen atoms in total. The maximum absolute atomic E-state index is 9.60. The minimum Gasteiger partial charge on any atom is -0.506 e. The highest BCUT2D eigenvalue weighted by Crippen LogP contribution is 2.31. The van der Waals surface area contributed by atoms with Crippen LogP contribution in [0.15, 0.2) is 65.6 Å². The average molecular weight is 413 g/mol. The van der Waals surface area contributed by atoms with Crippen LogP contribution in [0, 0.1) is 0 Å². The third kappa shape index (κ3) is 5.13. The summed E-state index contributed by atoms with van der Waals surface area (Å²) in [5.74, 6) is 1.29. The summed E-state index contributed by atoms with van der Waals surface area (Å²) >= 11 is 19.1. The van der Waals surface area contributed by atoms with Gasteiger partial charge in [-0.1, -0.05) is 34.8 Å². The van der Waals surface area contributed by atoms with E-state index in [1.807, 2.05) is 24.3 Å². The summed E-state index contributed by atoms with van der Waals surface area (Å²) in [5.41, 5.74) is 0.751. The molecule has 25 heavy (non-hydrogen) atoms. The van der Waals surface area contributed by atoms with Crippen LogP contribution in [0.25, 0.3) is 0 Å². The van der Waals surface area contributed by atoms with Crippen LogP contribution >= 0.6 is 46.8 Å². The van der Waals surface area contributed by atoms with E-state index in [0.717, 1.165) is 10.6 Å². The van der Waals surface area contributed by atoms with Crippen molar-refractivity contribution in [3.63, 3.8) is 0 Å². The lowest BCUT2D eigenvalue weighted by Crippen LogP contribution is -1.88. The van der Waals surface area contributed by atoms with Crippen molar-refractivity contribution in [1.82, 2.24) is 0 Å². The summed E-state index contributed by atoms with van der Waals surface area (Å²) < 4.78 is 8.88. The van der Waals surface area contributed by atoms with E-state index in [9.17, 15) is 5.11 Å². The largest absolute Gasteiger partial charge is 0.506 e. The number of hydrogen-bond donors (Lipinski definition) is 2. The van der Waals surface area contributed by atoms with Crippen LogP contribution in [0.4, 0.5) is 5.69 Å². The minimum absolute atomic E-state index is 0.0381. The standard InChI is InChI=1S/C18H12Cl3NO2S/c19-11-7-12(20)9-15(8-11)24-14-2-4-16(5-3-14)25-22-13-1-6-17(21)18(23)10-13/h1-10,22-23H. The molecule has 0 atom stereocenters. The Kier molecular flexibility index (Phi) is 5.86. The molecule has 128 valence electrons. The van der Waals surface area contributed by atoms with Crippen molar-refractivity contribution >= 4 is 52.4 Å². The van der Waals surface area contributed by atoms with E-state index in [0.29, 0.717) is 26.6 Å². The zero-order valence-corrected chi connectivity index (χ0v) is 15.8. The number of hydrogen-bond acceptors (Lipinski definition) is 4. The number of ether oxygens (including phenoxy) is 1. The molecule has 0 aromatic heterocycles. The van der Waals surface area contributed by atoms with E-state index in [2.05, 4.69) is 4.72 Å². The van der Waals surface area contributed by atoms with Gasteiger partial charge in [0.25, 0.3) is 0 Å². The fraction of sp³-hybridized carbons (Fsp3) is 0. The number of benzene rings is 3. The lowest BCUT2D eigenvalue weighted by molar-refractivity contribution is 0.476. The molecule has 3 aromatic carbocycles. The molecule has 2 N–H and O–H groups in total. The molecule has 0 saturated heterocycles. The summed E-state index contributed by atoms with van der Waals surface area (Å²) in [4.78, 5) is 0.978. The summed E-state index contributed by atoms with van der Waals surface area (Å²) in [7, 11) is 0. The molecule has 0 spiro atoms. The molecule has 0 aliphatic rings. The van der Waals surface area contributed by atoms with Crippen LogP contribution in [-0.4, -0.2) is 5.11 Å². The van der Waals surface area contributed by atoms with Crippen LogP contribution in [0.3, 0.4) is 0 Å². The van der Waals surface area contributed by atoms with Gasteiger partial charge in [-0.2, -0.15) is 0 Å². The van der Waals surface area contributed by atoms with Gasteiger partial charge in [-0.25, -0.2) is 0 Å². The average Bonchev–Trinajstić information content (AvgIpc) is 2.56. The lowest BCUT2D eigenvalue weighted by atomic mass is 10.3. The van der Waals surface area contributed by atoms with Crippen LogP contribution in [0.5, 0.6) is 17.2 Å². The third-order valence-corrected chi connectivity index (χ3v) is 4.73. The van der Waals surface area contributed by atoms with Crippen molar-refractivity contribution < 1.29 is 9.84 Å². The van der Waals surface area contributed by atoms with Crippen LogP contribution < -0.4 is 9.46 Å². The molecular formula is C18H12Cl3NO2S. The predicted octanol–water partition coefficient (Wildman–Crippen LogP) is 7.26. The van der Waals surface area contributed by atoms with E-state index in [1.54, 1.807) is 36.4 Å². The number of halogens is 3. The molecule has 7 heteroatoms. The van der Waals surface area contributed by atoms with Crippen molar-refractivity contribution in [2.24, 2.45) is 0 Å². The second-order valence-corrected chi connectivity index (χ2v) is 7.21. The Hall–Kier alpha value is -1.72. The first-order chi connectivity index (χ1) is 12.0. The first-order valence-corrected chi connectivity index (χ1v) is 9.10. The van der Waals surface area contributed by atoms with Crippen LogP contribution in [-0.2, 0) is 0 Å². The summed E-state index contributed by atoms with van der Waals surface area (Å²) in [6.45, 7) is 0. The summed E-state index contributed by atoms with van der Waals surface area (Å²) in [5, 5.41) is 11.0. The fourth-order valence-corrected chi connectivity index (χ4v) is 3.25. The highest BCUT2D eigenvalue weighted by molar-refractivity contribution is 8.00. The smallest absolute Gasteiger partial charge is 0.136 e. The summed E-state index contributed by atoms with van der Waals surface area (Å²) in [6, 6.07) is 17.5. The number of aromatic hydroxyl groups is 1. The van der Waals surface area contributed by atoms with Crippen LogP contribution in [0.1, 0.15) is 0 Å². The molecule has 3 rings (SSSR count). The van der Waals surface area contributed by atoms with Gasteiger partial charge in [-0.15, -0.1) is 0 Å². The Morgan fingerprint density at radius 2 is 1.48 bits per heavy atom. The molecule has 0 aliphatic heterocycles. The topological polar surface area (TPSA) is 41.5 Å². The number of phenolic OH excluding ortho intramolecular Hbond substituents is 1. The predicted molar refractivity (Wildman–Crippen MR) is 106 cm³/mol. The minimum atomic E-state index is 0.0381. The number of phenols is 1. The SMILES string of the molecule is Oc1cc(NSc2ccc(Oc3cc(Cl)cc(Cl)c3)cc2)ccc1Cl. The second kappa shape index (κ2) is 8.11. The van der Waals surface area contributed by atoms with Crippen molar-refractivity contribution in [2.45, 2.75) is 4.90 Å². The van der Waals surface area contributed by atoms with Gasteiger partial charge in [0.2, 0.25) is 0 Å². The van der Waals surface area contributed by atoms with Crippen LogP contribution in [0.2, 0.25) is 15.1 Å². The molecule has 0 amide bonds. The van der Waals surface area contributed by atoms with E-state index < -0.39 is 0 Å². The van der Waals surface area contributed by atoms with Gasteiger partial charge >= 0.3 is 0 Å². The quantitative estimate of drug-likeness (QED) is 0.432. The van der Waals surface area contributed by atoms with Crippen molar-refractivity contribution in [1.29, 1.82) is 0 Å². The second-order valence-electron chi connectivity index (χ2n) is 5.05. The zero-order valence-electron chi connectivity index (χ0n) is 12.7. The normalized spacial score (nSPS) is 10.5. The molecule has 0 saturated carbocycles. The molecule has 0 radical (unpaired) electrons. The number of anilines is 1. The van der Waals surface area contributed by atoms with Gasteiger partial charge in [0.15, 0.2) is 0 Å². The number of rotatable bonds is 5. The van der Waals surface area contributed by atoms with Gasteiger partial charge in [0.05, 0.1) is 5.02 Å². The Labute approximate surface area is 164 Å². The first kappa shape index (κ1) is 18.1. The van der Waals surface area contributed by atoms with Crippen molar-refractivity contribution in [2.75, 3.05) is 4.72 Å². The summed E-state index contributed by atoms with van der Waals surface area (Å²) in [6.07, 6.45) is 0. The molecule has 3 aromatic rings. The molecule has 0 heterocycles. The molecule has 0 unspecified atom stereocenters. The molecule has 0 fully saturated rings. The molecule has 0 bridgehead atoms. The van der Waals surface area contributed by atoms with E-state index in [-0.39, 0.29) is 5.75 Å². The van der Waals surface area contributed by atoms with E-state index >= 15 is 0 Å². The highest BCUT2D eigenvalue weighted by Gasteiger charge is 2.03. The Balaban J connectivity index is 1.62. The van der Waals surface area contributed by atoms with Gasteiger partial charge in [0, 0.05) is 26.7 Å². The Morgan fingerprint density at radius 1 is 0.800 bits per heavy atom. The third-order valence-electron chi connectivity index (χ3n) is 3.13. The monoisotopic (exact) mass is 411 g/mol. The van der Waals surface area contributed by atoms with E-state index in [1.165, 1.54) is 11.9 Å². The van der Waals surface area contributed by atoms with E-state index in [4.69, 9.17) is 39.5 Å².